The van der Waals surface area contributed by atoms with Crippen molar-refractivity contribution in [3.8, 4) is 5.75 Å². The van der Waals surface area contributed by atoms with Crippen LogP contribution < -0.4 is 10.1 Å². The van der Waals surface area contributed by atoms with Gasteiger partial charge in [-0.25, -0.2) is 0 Å². The Kier molecular flexibility index (Phi) is 8.29. The number of ether oxygens (including phenoxy) is 1. The van der Waals surface area contributed by atoms with Crippen molar-refractivity contribution in [3.63, 3.8) is 0 Å². The van der Waals surface area contributed by atoms with E-state index in [-0.39, 0.29) is 24.9 Å². The SMILES string of the molecule is CCCN(CC(=O)Nc1ccccc1OC)CC(=O)N(C)Cc1ccsc1. The molecular formula is C20H27N3O3S. The van der Waals surface area contributed by atoms with E-state index >= 15 is 0 Å². The number of likely N-dealkylation sites (N-methyl/N-ethyl adjacent to an activating group) is 1. The van der Waals surface area contributed by atoms with Gasteiger partial charge in [-0.05, 0) is 47.5 Å². The first-order valence-electron chi connectivity index (χ1n) is 8.93. The third-order valence-electron chi connectivity index (χ3n) is 4.07. The van der Waals surface area contributed by atoms with Gasteiger partial charge in [0.25, 0.3) is 0 Å². The van der Waals surface area contributed by atoms with Crippen LogP contribution >= 0.6 is 11.3 Å². The average Bonchev–Trinajstić information content (AvgIpc) is 3.15. The highest BCUT2D eigenvalue weighted by Crippen LogP contribution is 2.22. The monoisotopic (exact) mass is 389 g/mol. The summed E-state index contributed by atoms with van der Waals surface area (Å²) in [5.41, 5.74) is 1.74. The molecule has 1 aromatic heterocycles. The van der Waals surface area contributed by atoms with Crippen molar-refractivity contribution >= 4 is 28.8 Å². The Balaban J connectivity index is 1.91. The van der Waals surface area contributed by atoms with Gasteiger partial charge < -0.3 is 15.0 Å². The summed E-state index contributed by atoms with van der Waals surface area (Å²) in [6.45, 7) is 3.66. The molecule has 0 radical (unpaired) electrons. The molecule has 1 N–H and O–H groups in total. The summed E-state index contributed by atoms with van der Waals surface area (Å²) in [7, 11) is 3.36. The molecule has 0 bridgehead atoms. The summed E-state index contributed by atoms with van der Waals surface area (Å²) in [6.07, 6.45) is 0.865. The van der Waals surface area contributed by atoms with Gasteiger partial charge >= 0.3 is 0 Å². The quantitative estimate of drug-likeness (QED) is 0.678. The fraction of sp³-hybridized carbons (Fsp3) is 0.400. The maximum atomic E-state index is 12.5. The number of nitrogens with one attached hydrogen (secondary N) is 1. The van der Waals surface area contributed by atoms with Crippen molar-refractivity contribution in [2.75, 3.05) is 39.1 Å². The Labute approximate surface area is 164 Å². The van der Waals surface area contributed by atoms with Crippen molar-refractivity contribution in [3.05, 3.63) is 46.7 Å². The second-order valence-corrected chi connectivity index (χ2v) is 7.12. The zero-order valence-electron chi connectivity index (χ0n) is 16.1. The Morgan fingerprint density at radius 3 is 2.63 bits per heavy atom. The molecule has 0 saturated carbocycles. The van der Waals surface area contributed by atoms with Crippen molar-refractivity contribution in [2.45, 2.75) is 19.9 Å². The molecule has 0 fully saturated rings. The third-order valence-corrected chi connectivity index (χ3v) is 4.80. The van der Waals surface area contributed by atoms with E-state index in [0.717, 1.165) is 12.0 Å². The number of methoxy groups -OCH3 is 1. The second kappa shape index (κ2) is 10.7. The molecule has 2 rings (SSSR count). The van der Waals surface area contributed by atoms with Crippen molar-refractivity contribution in [1.29, 1.82) is 0 Å². The molecule has 0 aliphatic rings. The van der Waals surface area contributed by atoms with E-state index in [1.165, 1.54) is 0 Å². The molecule has 2 amide bonds. The number of carbonyl (C=O) groups is 2. The number of nitrogens with zero attached hydrogens (tertiary/aromatic N) is 2. The van der Waals surface area contributed by atoms with Gasteiger partial charge in [0.2, 0.25) is 11.8 Å². The van der Waals surface area contributed by atoms with Crippen LogP contribution in [0.3, 0.4) is 0 Å². The number of para-hydroxylation sites is 2. The lowest BCUT2D eigenvalue weighted by molar-refractivity contribution is -0.132. The molecule has 1 heterocycles. The van der Waals surface area contributed by atoms with Crippen molar-refractivity contribution in [1.82, 2.24) is 9.80 Å². The summed E-state index contributed by atoms with van der Waals surface area (Å²) in [6, 6.07) is 9.28. The largest absolute Gasteiger partial charge is 0.495 e. The van der Waals surface area contributed by atoms with Gasteiger partial charge in [0, 0.05) is 13.6 Å². The van der Waals surface area contributed by atoms with Crippen LogP contribution in [0.1, 0.15) is 18.9 Å². The highest BCUT2D eigenvalue weighted by molar-refractivity contribution is 7.07. The number of amides is 2. The first kappa shape index (κ1) is 20.9. The number of carbonyl (C=O) groups excluding carboxylic acids is 2. The molecular weight excluding hydrogens is 362 g/mol. The molecule has 2 aromatic rings. The van der Waals surface area contributed by atoms with Gasteiger partial charge in [-0.2, -0.15) is 11.3 Å². The van der Waals surface area contributed by atoms with Crippen LogP contribution in [0, 0.1) is 0 Å². The zero-order valence-corrected chi connectivity index (χ0v) is 16.9. The normalized spacial score (nSPS) is 10.7. The van der Waals surface area contributed by atoms with E-state index < -0.39 is 0 Å². The Bertz CT molecular complexity index is 734. The minimum atomic E-state index is -0.166. The minimum Gasteiger partial charge on any atom is -0.495 e. The lowest BCUT2D eigenvalue weighted by Crippen LogP contribution is -2.42. The van der Waals surface area contributed by atoms with Crippen LogP contribution in [0.25, 0.3) is 0 Å². The van der Waals surface area contributed by atoms with E-state index in [0.29, 0.717) is 24.5 Å². The fourth-order valence-corrected chi connectivity index (χ4v) is 3.39. The minimum absolute atomic E-state index is 0.000239. The predicted molar refractivity (Wildman–Crippen MR) is 109 cm³/mol. The van der Waals surface area contributed by atoms with Crippen LogP contribution in [0.5, 0.6) is 5.75 Å². The first-order chi connectivity index (χ1) is 13.0. The Morgan fingerprint density at radius 1 is 1.19 bits per heavy atom. The van der Waals surface area contributed by atoms with Gasteiger partial charge in [0.15, 0.2) is 0 Å². The van der Waals surface area contributed by atoms with Gasteiger partial charge in [0.05, 0.1) is 25.9 Å². The molecule has 0 aliphatic heterocycles. The van der Waals surface area contributed by atoms with E-state index in [1.807, 2.05) is 40.8 Å². The van der Waals surface area contributed by atoms with E-state index in [4.69, 9.17) is 4.74 Å². The molecule has 6 nitrogen and oxygen atoms in total. The van der Waals surface area contributed by atoms with Crippen molar-refractivity contribution < 1.29 is 14.3 Å². The number of thiophene rings is 1. The van der Waals surface area contributed by atoms with Gasteiger partial charge in [-0.15, -0.1) is 0 Å². The van der Waals surface area contributed by atoms with Crippen LogP contribution in [0.4, 0.5) is 5.69 Å². The maximum Gasteiger partial charge on any atom is 0.238 e. The number of benzene rings is 1. The maximum absolute atomic E-state index is 12.5. The standard InChI is InChI=1S/C20H27N3O3S/c1-4-10-23(14-20(25)22(2)12-16-9-11-27-15-16)13-19(24)21-17-7-5-6-8-18(17)26-3/h5-9,11,15H,4,10,12-14H2,1-3H3,(H,21,24). The summed E-state index contributed by atoms with van der Waals surface area (Å²) in [4.78, 5) is 28.5. The van der Waals surface area contributed by atoms with Gasteiger partial charge in [-0.1, -0.05) is 19.1 Å². The topological polar surface area (TPSA) is 61.9 Å². The Hall–Kier alpha value is -2.38. The second-order valence-electron chi connectivity index (χ2n) is 6.34. The van der Waals surface area contributed by atoms with E-state index in [9.17, 15) is 9.59 Å². The molecule has 0 saturated heterocycles. The molecule has 0 unspecified atom stereocenters. The summed E-state index contributed by atoms with van der Waals surface area (Å²) >= 11 is 1.62. The molecule has 0 atom stereocenters. The zero-order chi connectivity index (χ0) is 19.6. The van der Waals surface area contributed by atoms with Gasteiger partial charge in [-0.3, -0.25) is 14.5 Å². The fourth-order valence-electron chi connectivity index (χ4n) is 2.73. The van der Waals surface area contributed by atoms with Crippen LogP contribution in [0.15, 0.2) is 41.1 Å². The van der Waals surface area contributed by atoms with Crippen LogP contribution in [-0.4, -0.2) is 55.4 Å². The van der Waals surface area contributed by atoms with Crippen LogP contribution in [-0.2, 0) is 16.1 Å². The smallest absolute Gasteiger partial charge is 0.238 e. The molecule has 7 heteroatoms. The first-order valence-corrected chi connectivity index (χ1v) is 9.88. The lowest BCUT2D eigenvalue weighted by atomic mass is 10.3. The highest BCUT2D eigenvalue weighted by atomic mass is 32.1. The molecule has 1 aromatic carbocycles. The molecule has 0 aliphatic carbocycles. The van der Waals surface area contributed by atoms with Crippen LogP contribution in [0.2, 0.25) is 0 Å². The third kappa shape index (κ3) is 6.69. The summed E-state index contributed by atoms with van der Waals surface area (Å²) in [5.74, 6) is 0.445. The summed E-state index contributed by atoms with van der Waals surface area (Å²) < 4.78 is 5.26. The summed E-state index contributed by atoms with van der Waals surface area (Å²) in [5, 5.41) is 6.90. The number of anilines is 1. The number of hydrogen-bond donors (Lipinski definition) is 1. The molecule has 146 valence electrons. The molecule has 27 heavy (non-hydrogen) atoms. The number of rotatable bonds is 10. The molecule has 0 spiro atoms. The average molecular weight is 390 g/mol. The predicted octanol–water partition coefficient (Wildman–Crippen LogP) is 3.07. The van der Waals surface area contributed by atoms with E-state index in [1.54, 1.807) is 42.5 Å². The lowest BCUT2D eigenvalue weighted by Gasteiger charge is -2.24. The Morgan fingerprint density at radius 2 is 1.96 bits per heavy atom. The highest BCUT2D eigenvalue weighted by Gasteiger charge is 2.18. The van der Waals surface area contributed by atoms with E-state index in [2.05, 4.69) is 5.32 Å². The van der Waals surface area contributed by atoms with Gasteiger partial charge in [0.1, 0.15) is 5.75 Å². The van der Waals surface area contributed by atoms with Crippen molar-refractivity contribution in [2.24, 2.45) is 0 Å². The number of hydrogen-bond acceptors (Lipinski definition) is 5.